The standard InChI is InChI=1S/C25H16BrN3O3S2/c26-17-9-11-18(12-10-17)32-22-19(23(30)28-13-5-4-8-21(28)27-22)14-20-24(31)29(25(33)34-20)15-16-6-2-1-3-7-16/h1-14H,15H2/b20-14-. The van der Waals surface area contributed by atoms with Crippen LogP contribution < -0.4 is 10.3 Å². The number of nitrogens with zero attached hydrogens (tertiary/aromatic N) is 3. The lowest BCUT2D eigenvalue weighted by molar-refractivity contribution is -0.122. The Morgan fingerprint density at radius 2 is 1.74 bits per heavy atom. The number of hydrogen-bond acceptors (Lipinski definition) is 6. The van der Waals surface area contributed by atoms with Crippen LogP contribution >= 0.6 is 39.9 Å². The predicted molar refractivity (Wildman–Crippen MR) is 141 cm³/mol. The van der Waals surface area contributed by atoms with E-state index < -0.39 is 0 Å². The van der Waals surface area contributed by atoms with Crippen molar-refractivity contribution in [2.45, 2.75) is 6.54 Å². The number of carbonyl (C=O) groups excluding carboxylic acids is 1. The first-order valence-electron chi connectivity index (χ1n) is 10.2. The van der Waals surface area contributed by atoms with Crippen LogP contribution in [0.25, 0.3) is 11.7 Å². The first-order valence-corrected chi connectivity index (χ1v) is 12.3. The maximum Gasteiger partial charge on any atom is 0.269 e. The number of pyridine rings is 1. The van der Waals surface area contributed by atoms with E-state index in [1.54, 1.807) is 36.5 Å². The van der Waals surface area contributed by atoms with Gasteiger partial charge in [-0.2, -0.15) is 4.98 Å². The van der Waals surface area contributed by atoms with Crippen LogP contribution in [0.1, 0.15) is 11.1 Å². The van der Waals surface area contributed by atoms with Gasteiger partial charge in [0.15, 0.2) is 0 Å². The Labute approximate surface area is 213 Å². The molecule has 1 aliphatic heterocycles. The zero-order valence-corrected chi connectivity index (χ0v) is 20.8. The third kappa shape index (κ3) is 4.54. The molecule has 0 aliphatic carbocycles. The zero-order valence-electron chi connectivity index (χ0n) is 17.6. The van der Waals surface area contributed by atoms with E-state index in [1.807, 2.05) is 42.5 Å². The summed E-state index contributed by atoms with van der Waals surface area (Å²) in [4.78, 5) is 33.0. The number of carbonyl (C=O) groups is 1. The smallest absolute Gasteiger partial charge is 0.269 e. The second-order valence-electron chi connectivity index (χ2n) is 7.37. The number of ether oxygens (including phenoxy) is 1. The highest BCUT2D eigenvalue weighted by Gasteiger charge is 2.32. The maximum absolute atomic E-state index is 13.4. The van der Waals surface area contributed by atoms with E-state index in [1.165, 1.54) is 15.4 Å². The summed E-state index contributed by atoms with van der Waals surface area (Å²) in [5.74, 6) is 0.375. The van der Waals surface area contributed by atoms with Crippen molar-refractivity contribution < 1.29 is 9.53 Å². The van der Waals surface area contributed by atoms with Gasteiger partial charge in [-0.25, -0.2) is 0 Å². The van der Waals surface area contributed by atoms with Crippen LogP contribution in [0.5, 0.6) is 11.6 Å². The van der Waals surface area contributed by atoms with Crippen molar-refractivity contribution in [2.75, 3.05) is 0 Å². The van der Waals surface area contributed by atoms with Gasteiger partial charge >= 0.3 is 0 Å². The highest BCUT2D eigenvalue weighted by atomic mass is 79.9. The van der Waals surface area contributed by atoms with Gasteiger partial charge < -0.3 is 4.74 Å². The molecule has 1 fully saturated rings. The van der Waals surface area contributed by atoms with Crippen LogP contribution in [0.15, 0.2) is 93.2 Å². The molecule has 5 rings (SSSR count). The fourth-order valence-corrected chi connectivity index (χ4v) is 4.93. The third-order valence-electron chi connectivity index (χ3n) is 5.09. The summed E-state index contributed by atoms with van der Waals surface area (Å²) in [6.45, 7) is 0.361. The summed E-state index contributed by atoms with van der Waals surface area (Å²) in [7, 11) is 0. The molecular weight excluding hydrogens is 534 g/mol. The minimum absolute atomic E-state index is 0.117. The molecule has 9 heteroatoms. The summed E-state index contributed by atoms with van der Waals surface area (Å²) in [5.41, 5.74) is 1.23. The molecule has 34 heavy (non-hydrogen) atoms. The molecule has 1 aliphatic rings. The van der Waals surface area contributed by atoms with Crippen LogP contribution in [-0.2, 0) is 11.3 Å². The van der Waals surface area contributed by atoms with Gasteiger partial charge in [0, 0.05) is 10.7 Å². The molecular formula is C25H16BrN3O3S2. The number of hydrogen-bond donors (Lipinski definition) is 0. The lowest BCUT2D eigenvalue weighted by Gasteiger charge is -2.14. The quantitative estimate of drug-likeness (QED) is 0.237. The molecule has 0 unspecified atom stereocenters. The third-order valence-corrected chi connectivity index (χ3v) is 7.00. The molecule has 0 bridgehead atoms. The summed E-state index contributed by atoms with van der Waals surface area (Å²) < 4.78 is 8.74. The largest absolute Gasteiger partial charge is 0.438 e. The summed E-state index contributed by atoms with van der Waals surface area (Å²) in [5, 5.41) is 0. The molecule has 168 valence electrons. The van der Waals surface area contributed by atoms with Crippen molar-refractivity contribution in [1.29, 1.82) is 0 Å². The normalized spacial score (nSPS) is 14.9. The maximum atomic E-state index is 13.4. The number of aromatic nitrogens is 2. The molecule has 1 saturated heterocycles. The fraction of sp³-hybridized carbons (Fsp3) is 0.0400. The van der Waals surface area contributed by atoms with E-state index >= 15 is 0 Å². The van der Waals surface area contributed by atoms with Gasteiger partial charge in [0.25, 0.3) is 11.5 Å². The second-order valence-corrected chi connectivity index (χ2v) is 9.97. The van der Waals surface area contributed by atoms with E-state index in [9.17, 15) is 9.59 Å². The predicted octanol–water partition coefficient (Wildman–Crippen LogP) is 5.65. The molecule has 6 nitrogen and oxygen atoms in total. The SMILES string of the molecule is O=C1/C(=C/c2c(Oc3ccc(Br)cc3)nc3ccccn3c2=O)SC(=S)N1Cc1ccccc1. The molecule has 0 N–H and O–H groups in total. The van der Waals surface area contributed by atoms with Gasteiger partial charge in [-0.05, 0) is 48.0 Å². The number of benzene rings is 2. The average Bonchev–Trinajstić information content (AvgIpc) is 3.11. The molecule has 4 aromatic rings. The highest BCUT2D eigenvalue weighted by Crippen LogP contribution is 2.35. The minimum atomic E-state index is -0.342. The van der Waals surface area contributed by atoms with Crippen LogP contribution in [0.4, 0.5) is 0 Å². The number of halogens is 1. The van der Waals surface area contributed by atoms with Gasteiger partial charge in [0.2, 0.25) is 5.88 Å². The van der Waals surface area contributed by atoms with Crippen molar-refractivity contribution in [3.05, 3.63) is 110 Å². The molecule has 0 saturated carbocycles. The number of thiocarbonyl (C=S) groups is 1. The number of fused-ring (bicyclic) bond motifs is 1. The second kappa shape index (κ2) is 9.54. The zero-order chi connectivity index (χ0) is 23.7. The number of thioether (sulfide) groups is 1. The van der Waals surface area contributed by atoms with Crippen molar-refractivity contribution in [3.8, 4) is 11.6 Å². The Morgan fingerprint density at radius 1 is 1.00 bits per heavy atom. The first kappa shape index (κ1) is 22.5. The lowest BCUT2D eigenvalue weighted by atomic mass is 10.2. The van der Waals surface area contributed by atoms with E-state index in [-0.39, 0.29) is 22.9 Å². The summed E-state index contributed by atoms with van der Waals surface area (Å²) in [6, 6.07) is 22.1. The monoisotopic (exact) mass is 549 g/mol. The Morgan fingerprint density at radius 3 is 2.50 bits per heavy atom. The van der Waals surface area contributed by atoms with Crippen molar-refractivity contribution in [2.24, 2.45) is 0 Å². The van der Waals surface area contributed by atoms with Crippen LogP contribution in [0.3, 0.4) is 0 Å². The van der Waals surface area contributed by atoms with Crippen molar-refractivity contribution >= 4 is 61.9 Å². The first-order chi connectivity index (χ1) is 16.5. The van der Waals surface area contributed by atoms with Crippen LogP contribution in [0, 0.1) is 0 Å². The average molecular weight is 550 g/mol. The molecule has 0 spiro atoms. The molecule has 3 heterocycles. The van der Waals surface area contributed by atoms with Crippen LogP contribution in [-0.4, -0.2) is 24.5 Å². The van der Waals surface area contributed by atoms with Gasteiger partial charge in [-0.1, -0.05) is 76.3 Å². The van der Waals surface area contributed by atoms with Crippen LogP contribution in [0.2, 0.25) is 0 Å². The minimum Gasteiger partial charge on any atom is -0.438 e. The van der Waals surface area contributed by atoms with Gasteiger partial charge in [0.05, 0.1) is 11.4 Å². The fourth-order valence-electron chi connectivity index (χ4n) is 3.43. The van der Waals surface area contributed by atoms with E-state index in [2.05, 4.69) is 20.9 Å². The Balaban J connectivity index is 1.56. The number of amides is 1. The lowest BCUT2D eigenvalue weighted by Crippen LogP contribution is -2.27. The topological polar surface area (TPSA) is 63.9 Å². The van der Waals surface area contributed by atoms with Gasteiger partial charge in [-0.15, -0.1) is 0 Å². The van der Waals surface area contributed by atoms with Crippen molar-refractivity contribution in [3.63, 3.8) is 0 Å². The summed E-state index contributed by atoms with van der Waals surface area (Å²) in [6.07, 6.45) is 3.15. The van der Waals surface area contributed by atoms with Crippen molar-refractivity contribution in [1.82, 2.24) is 14.3 Å². The molecule has 2 aromatic heterocycles. The molecule has 0 radical (unpaired) electrons. The number of rotatable bonds is 5. The van der Waals surface area contributed by atoms with E-state index in [0.29, 0.717) is 27.2 Å². The molecule has 0 atom stereocenters. The Kier molecular flexibility index (Phi) is 6.32. The van der Waals surface area contributed by atoms with Gasteiger partial charge in [-0.3, -0.25) is 18.9 Å². The highest BCUT2D eigenvalue weighted by molar-refractivity contribution is 9.10. The molecule has 1 amide bonds. The van der Waals surface area contributed by atoms with Gasteiger partial charge in [0.1, 0.15) is 21.3 Å². The Hall–Kier alpha value is -3.27. The van der Waals surface area contributed by atoms with E-state index in [4.69, 9.17) is 17.0 Å². The molecule has 2 aromatic carbocycles. The summed E-state index contributed by atoms with van der Waals surface area (Å²) >= 11 is 10.0. The van der Waals surface area contributed by atoms with E-state index in [0.717, 1.165) is 21.8 Å². The Bertz CT molecular complexity index is 1500.